The number of carbonyl (C=O) groups is 2. The number of rotatable bonds is 19. The van der Waals surface area contributed by atoms with Gasteiger partial charge in [0.05, 0.1) is 33.3 Å². The second kappa shape index (κ2) is 17.8. The van der Waals surface area contributed by atoms with Crippen LogP contribution >= 0.6 is 11.6 Å². The number of amidine groups is 1. The minimum absolute atomic E-state index is 0.00145. The number of halogens is 1. The summed E-state index contributed by atoms with van der Waals surface area (Å²) in [5.41, 5.74) is -0.181. The van der Waals surface area contributed by atoms with Crippen molar-refractivity contribution in [3.05, 3.63) is 53.1 Å². The molecular formula is C32H44ClN3O7S2. The maximum absolute atomic E-state index is 12.9. The predicted molar refractivity (Wildman–Crippen MR) is 177 cm³/mol. The number of carbonyl (C=O) groups excluding carboxylic acids is 2. The Morgan fingerprint density at radius 1 is 0.867 bits per heavy atom. The van der Waals surface area contributed by atoms with Gasteiger partial charge in [-0.2, -0.15) is 18.5 Å². The molecule has 0 spiro atoms. The first-order valence-corrected chi connectivity index (χ1v) is 19.2. The van der Waals surface area contributed by atoms with Crippen molar-refractivity contribution in [2.24, 2.45) is 5.10 Å². The van der Waals surface area contributed by atoms with E-state index in [1.807, 2.05) is 0 Å². The van der Waals surface area contributed by atoms with Gasteiger partial charge in [0.25, 0.3) is 21.9 Å². The summed E-state index contributed by atoms with van der Waals surface area (Å²) < 4.78 is 58.5. The van der Waals surface area contributed by atoms with Crippen molar-refractivity contribution in [2.75, 3.05) is 10.8 Å². The largest absolute Gasteiger partial charge is 0.308 e. The summed E-state index contributed by atoms with van der Waals surface area (Å²) in [6, 6.07) is 9.12. The molecule has 1 heterocycles. The van der Waals surface area contributed by atoms with E-state index in [1.54, 1.807) is 0 Å². The molecule has 45 heavy (non-hydrogen) atoms. The van der Waals surface area contributed by atoms with Crippen molar-refractivity contribution in [2.45, 2.75) is 113 Å². The second-order valence-electron chi connectivity index (χ2n) is 11.4. The maximum atomic E-state index is 12.9. The number of hydrogen-bond donors (Lipinski definition) is 2. The van der Waals surface area contributed by atoms with Crippen LogP contribution in [0.5, 0.6) is 0 Å². The smallest absolute Gasteiger partial charge is 0.295 e. The first-order chi connectivity index (χ1) is 21.4. The summed E-state index contributed by atoms with van der Waals surface area (Å²) in [7, 11) is -8.24. The van der Waals surface area contributed by atoms with E-state index in [-0.39, 0.29) is 39.2 Å². The molecule has 10 nitrogen and oxygen atoms in total. The van der Waals surface area contributed by atoms with Gasteiger partial charge in [-0.3, -0.25) is 14.1 Å². The van der Waals surface area contributed by atoms with Crippen LogP contribution in [0.2, 0.25) is 5.02 Å². The van der Waals surface area contributed by atoms with E-state index in [1.165, 1.54) is 101 Å². The molecule has 0 radical (unpaired) electrons. The Bertz CT molecular complexity index is 1560. The molecule has 0 atom stereocenters. The van der Waals surface area contributed by atoms with Crippen LogP contribution in [0.4, 0.5) is 5.69 Å². The number of nitrogens with one attached hydrogen (secondary N) is 1. The number of amides is 2. The van der Waals surface area contributed by atoms with Crippen LogP contribution in [0.3, 0.4) is 0 Å². The average Bonchev–Trinajstić information content (AvgIpc) is 3.35. The summed E-state index contributed by atoms with van der Waals surface area (Å²) in [6.45, 7) is 2.23. The molecule has 0 saturated carbocycles. The summed E-state index contributed by atoms with van der Waals surface area (Å²) >= 11 is 6.38. The monoisotopic (exact) mass is 681 g/mol. The van der Waals surface area contributed by atoms with Crippen LogP contribution in [0.15, 0.2) is 57.4 Å². The third kappa shape index (κ3) is 11.5. The van der Waals surface area contributed by atoms with Gasteiger partial charge in [-0.05, 0) is 36.8 Å². The summed E-state index contributed by atoms with van der Waals surface area (Å²) in [5.74, 6) is -1.48. The lowest BCUT2D eigenvalue weighted by Gasteiger charge is -2.14. The lowest BCUT2D eigenvalue weighted by Crippen LogP contribution is -2.30. The van der Waals surface area contributed by atoms with Gasteiger partial charge in [0, 0.05) is 0 Å². The molecule has 13 heteroatoms. The molecule has 2 N–H and O–H groups in total. The van der Waals surface area contributed by atoms with E-state index in [4.69, 9.17) is 11.6 Å². The molecule has 0 bridgehead atoms. The van der Waals surface area contributed by atoms with E-state index in [0.29, 0.717) is 6.42 Å². The predicted octanol–water partition coefficient (Wildman–Crippen LogP) is 7.32. The van der Waals surface area contributed by atoms with E-state index >= 15 is 0 Å². The fraction of sp³-hybridized carbons (Fsp3) is 0.531. The molecule has 0 fully saturated rings. The van der Waals surface area contributed by atoms with Crippen LogP contribution in [0.1, 0.15) is 114 Å². The zero-order chi connectivity index (χ0) is 32.9. The number of anilines is 1. The molecule has 0 aromatic heterocycles. The number of benzene rings is 2. The highest BCUT2D eigenvalue weighted by molar-refractivity contribution is 7.91. The number of hydrogen-bond acceptors (Lipinski definition) is 7. The van der Waals surface area contributed by atoms with Gasteiger partial charge in [0.2, 0.25) is 0 Å². The van der Waals surface area contributed by atoms with Gasteiger partial charge in [-0.25, -0.2) is 8.42 Å². The van der Waals surface area contributed by atoms with Gasteiger partial charge in [0.1, 0.15) is 10.7 Å². The summed E-state index contributed by atoms with van der Waals surface area (Å²) in [6.07, 6.45) is 16.2. The Kier molecular flexibility index (Phi) is 14.5. The first kappa shape index (κ1) is 36.7. The van der Waals surface area contributed by atoms with Crippen LogP contribution in [-0.2, 0) is 24.7 Å². The van der Waals surface area contributed by atoms with E-state index in [0.717, 1.165) is 30.3 Å². The van der Waals surface area contributed by atoms with Crippen molar-refractivity contribution in [3.8, 4) is 0 Å². The van der Waals surface area contributed by atoms with E-state index < -0.39 is 36.7 Å². The highest BCUT2D eigenvalue weighted by Gasteiger charge is 2.30. The summed E-state index contributed by atoms with van der Waals surface area (Å²) in [4.78, 5) is 24.8. The number of unbranched alkanes of at least 4 members (excludes halogenated alkanes) is 13. The zero-order valence-electron chi connectivity index (χ0n) is 25.8. The van der Waals surface area contributed by atoms with Crippen molar-refractivity contribution in [1.29, 1.82) is 0 Å². The average molecular weight is 682 g/mol. The Labute approximate surface area is 272 Å². The van der Waals surface area contributed by atoms with Crippen molar-refractivity contribution in [3.63, 3.8) is 0 Å². The minimum Gasteiger partial charge on any atom is -0.308 e. The fourth-order valence-corrected chi connectivity index (χ4v) is 7.63. The maximum Gasteiger partial charge on any atom is 0.295 e. The summed E-state index contributed by atoms with van der Waals surface area (Å²) in [5, 5.41) is 7.43. The van der Waals surface area contributed by atoms with Crippen LogP contribution in [0.25, 0.3) is 0 Å². The SMILES string of the molecule is CCCCCCCCCCCCCCCCS(=O)(=O)c1ccc(N2N=C(NC(=O)c3ccccc3S(=O)(=O)O)CC2=O)c(Cl)c1. The molecule has 2 amide bonds. The third-order valence-corrected chi connectivity index (χ3v) is 10.7. The molecule has 0 saturated heterocycles. The Morgan fingerprint density at radius 2 is 1.42 bits per heavy atom. The highest BCUT2D eigenvalue weighted by Crippen LogP contribution is 2.32. The van der Waals surface area contributed by atoms with Gasteiger partial charge in [-0.1, -0.05) is 114 Å². The fourth-order valence-electron chi connectivity index (χ4n) is 5.22. The highest BCUT2D eigenvalue weighted by atomic mass is 35.5. The van der Waals surface area contributed by atoms with E-state index in [9.17, 15) is 31.0 Å². The van der Waals surface area contributed by atoms with Crippen LogP contribution in [-0.4, -0.2) is 44.8 Å². The lowest BCUT2D eigenvalue weighted by atomic mass is 10.0. The molecular weight excluding hydrogens is 638 g/mol. The van der Waals surface area contributed by atoms with Gasteiger partial charge in [0.15, 0.2) is 9.84 Å². The molecule has 248 valence electrons. The zero-order valence-corrected chi connectivity index (χ0v) is 28.2. The second-order valence-corrected chi connectivity index (χ2v) is 15.3. The number of hydrazone groups is 1. The molecule has 1 aliphatic heterocycles. The van der Waals surface area contributed by atoms with Gasteiger partial charge < -0.3 is 5.32 Å². The quantitative estimate of drug-likeness (QED) is 0.116. The lowest BCUT2D eigenvalue weighted by molar-refractivity contribution is -0.116. The number of sulfone groups is 1. The number of nitrogens with zero attached hydrogens (tertiary/aromatic N) is 2. The van der Waals surface area contributed by atoms with Gasteiger partial charge in [-0.15, -0.1) is 0 Å². The molecule has 2 aromatic carbocycles. The topological polar surface area (TPSA) is 150 Å². The first-order valence-electron chi connectivity index (χ1n) is 15.7. The Morgan fingerprint density at radius 3 is 1.98 bits per heavy atom. The molecule has 0 aliphatic carbocycles. The Hall–Kier alpha value is -2.80. The van der Waals surface area contributed by atoms with Crippen molar-refractivity contribution >= 4 is 54.9 Å². The molecule has 2 aromatic rings. The third-order valence-electron chi connectivity index (χ3n) is 7.72. The molecule has 0 unspecified atom stereocenters. The minimum atomic E-state index is -4.66. The Balaban J connectivity index is 1.46. The van der Waals surface area contributed by atoms with E-state index in [2.05, 4.69) is 17.3 Å². The normalized spacial score (nSPS) is 13.7. The van der Waals surface area contributed by atoms with Crippen LogP contribution < -0.4 is 10.3 Å². The van der Waals surface area contributed by atoms with Crippen molar-refractivity contribution in [1.82, 2.24) is 5.32 Å². The van der Waals surface area contributed by atoms with Gasteiger partial charge >= 0.3 is 0 Å². The molecule has 1 aliphatic rings. The standard InChI is InChI=1S/C32H44ClN3O7S2/c1-2-3-4-5-6-7-8-9-10-11-12-13-14-17-22-44(39,40)25-20-21-28(27(33)23-25)36-31(37)24-30(35-36)34-32(38)26-18-15-16-19-29(26)45(41,42)43/h15-16,18-21,23H,2-14,17,22,24H2,1H3,(H,34,35,38)(H,41,42,43). The van der Waals surface area contributed by atoms with Crippen LogP contribution in [0, 0.1) is 0 Å². The van der Waals surface area contributed by atoms with Crippen molar-refractivity contribution < 1.29 is 31.0 Å². The molecule has 3 rings (SSSR count).